The quantitative estimate of drug-likeness (QED) is 0.625. The average Bonchev–Trinajstić information content (AvgIpc) is 2.57. The van der Waals surface area contributed by atoms with Crippen molar-refractivity contribution in [3.63, 3.8) is 0 Å². The summed E-state index contributed by atoms with van der Waals surface area (Å²) >= 11 is 5.56. The first-order valence-corrected chi connectivity index (χ1v) is 7.51. The highest BCUT2D eigenvalue weighted by Gasteiger charge is 2.36. The van der Waals surface area contributed by atoms with Crippen LogP contribution in [-0.2, 0) is 14.4 Å². The molecule has 0 bridgehead atoms. The van der Waals surface area contributed by atoms with Crippen LogP contribution in [0.3, 0.4) is 0 Å². The number of piperazine rings is 1. The Hall–Kier alpha value is -2.41. The maximum absolute atomic E-state index is 12.2. The molecule has 1 heterocycles. The third kappa shape index (κ3) is 3.87. The highest BCUT2D eigenvalue weighted by molar-refractivity contribution is 6.38. The monoisotopic (exact) mass is 336 g/mol. The molecule has 1 fully saturated rings. The van der Waals surface area contributed by atoms with E-state index in [0.717, 1.165) is 4.90 Å². The van der Waals surface area contributed by atoms with Gasteiger partial charge in [0.1, 0.15) is 6.04 Å². The fourth-order valence-corrected chi connectivity index (χ4v) is 2.42. The molecule has 0 saturated carbocycles. The molecular formula is C15H15ClN3O4. The van der Waals surface area contributed by atoms with Gasteiger partial charge < -0.3 is 10.2 Å². The number of imide groups is 1. The number of hydrogen-bond donors (Lipinski definition) is 1. The summed E-state index contributed by atoms with van der Waals surface area (Å²) < 4.78 is 0. The molecule has 121 valence electrons. The summed E-state index contributed by atoms with van der Waals surface area (Å²) in [7, 11) is 0. The molecule has 4 amide bonds. The number of nitrogens with zero attached hydrogens (tertiary/aromatic N) is 2. The summed E-state index contributed by atoms with van der Waals surface area (Å²) in [5.41, 5.74) is 0.537. The first kappa shape index (κ1) is 17.0. The van der Waals surface area contributed by atoms with Crippen molar-refractivity contribution in [2.75, 3.05) is 25.5 Å². The van der Waals surface area contributed by atoms with Gasteiger partial charge >= 0.3 is 17.8 Å². The fraction of sp³-hybridized carbons (Fsp3) is 0.333. The molecule has 1 aromatic carbocycles. The van der Waals surface area contributed by atoms with E-state index in [1.54, 1.807) is 36.6 Å². The van der Waals surface area contributed by atoms with Gasteiger partial charge in [-0.25, -0.2) is 4.79 Å². The third-order valence-electron chi connectivity index (χ3n) is 3.43. The number of amides is 4. The second-order valence-corrected chi connectivity index (χ2v) is 5.23. The highest BCUT2D eigenvalue weighted by atomic mass is 35.5. The van der Waals surface area contributed by atoms with Crippen LogP contribution in [0, 0.1) is 0 Å². The molecule has 23 heavy (non-hydrogen) atoms. The summed E-state index contributed by atoms with van der Waals surface area (Å²) in [6.45, 7) is 0.509. The van der Waals surface area contributed by atoms with Gasteiger partial charge in [0.15, 0.2) is 0 Å². The molecule has 1 unspecified atom stereocenters. The first-order chi connectivity index (χ1) is 11.1. The lowest BCUT2D eigenvalue weighted by Gasteiger charge is -2.32. The summed E-state index contributed by atoms with van der Waals surface area (Å²) in [6, 6.07) is 6.70. The molecule has 1 radical (unpaired) electrons. The van der Waals surface area contributed by atoms with Crippen molar-refractivity contribution in [2.45, 2.75) is 6.04 Å². The minimum absolute atomic E-state index is 0.0493. The van der Waals surface area contributed by atoms with Crippen molar-refractivity contribution in [1.29, 1.82) is 0 Å². The maximum atomic E-state index is 12.2. The normalized spacial score (nSPS) is 16.2. The van der Waals surface area contributed by atoms with E-state index in [4.69, 9.17) is 11.6 Å². The number of benzene rings is 1. The minimum atomic E-state index is -1.01. The Balaban J connectivity index is 2.04. The van der Waals surface area contributed by atoms with E-state index >= 15 is 0 Å². The van der Waals surface area contributed by atoms with Crippen LogP contribution in [-0.4, -0.2) is 59.4 Å². The van der Waals surface area contributed by atoms with Crippen LogP contribution in [0.15, 0.2) is 30.3 Å². The molecule has 1 aliphatic rings. The van der Waals surface area contributed by atoms with Crippen LogP contribution in [0.1, 0.15) is 11.6 Å². The molecule has 1 aliphatic heterocycles. The Kier molecular flexibility index (Phi) is 5.70. The van der Waals surface area contributed by atoms with Crippen molar-refractivity contribution in [2.24, 2.45) is 0 Å². The third-order valence-corrected chi connectivity index (χ3v) is 3.60. The van der Waals surface area contributed by atoms with Gasteiger partial charge in [-0.05, 0) is 5.56 Å². The molecule has 2 rings (SSSR count). The van der Waals surface area contributed by atoms with E-state index in [1.807, 2.05) is 0 Å². The second-order valence-electron chi connectivity index (χ2n) is 4.85. The number of halogens is 1. The molecule has 0 aliphatic carbocycles. The second kappa shape index (κ2) is 7.73. The van der Waals surface area contributed by atoms with Crippen molar-refractivity contribution < 1.29 is 19.2 Å². The van der Waals surface area contributed by atoms with Gasteiger partial charge in [0, 0.05) is 25.5 Å². The van der Waals surface area contributed by atoms with Gasteiger partial charge in [-0.1, -0.05) is 30.3 Å². The van der Waals surface area contributed by atoms with Crippen molar-refractivity contribution in [3.05, 3.63) is 35.9 Å². The summed E-state index contributed by atoms with van der Waals surface area (Å²) in [4.78, 5) is 49.2. The van der Waals surface area contributed by atoms with Crippen LogP contribution >= 0.6 is 11.6 Å². The Labute approximate surface area is 138 Å². The Morgan fingerprint density at radius 1 is 1.22 bits per heavy atom. The number of alkyl halides is 1. The van der Waals surface area contributed by atoms with Gasteiger partial charge in [-0.3, -0.25) is 19.3 Å². The summed E-state index contributed by atoms with van der Waals surface area (Å²) in [5, 5.41) is 2.40. The van der Waals surface area contributed by atoms with Gasteiger partial charge in [0.25, 0.3) is 0 Å². The van der Waals surface area contributed by atoms with Crippen molar-refractivity contribution in [3.8, 4) is 0 Å². The fourth-order valence-electron chi connectivity index (χ4n) is 2.21. The zero-order chi connectivity index (χ0) is 16.8. The number of rotatable bonds is 5. The lowest BCUT2D eigenvalue weighted by atomic mass is 10.1. The van der Waals surface area contributed by atoms with E-state index in [0.29, 0.717) is 5.56 Å². The highest BCUT2D eigenvalue weighted by Crippen LogP contribution is 2.12. The molecule has 1 atom stereocenters. The molecule has 0 spiro atoms. The first-order valence-electron chi connectivity index (χ1n) is 6.98. The zero-order valence-electron chi connectivity index (χ0n) is 12.2. The maximum Gasteiger partial charge on any atom is 0.325 e. The van der Waals surface area contributed by atoms with E-state index < -0.39 is 23.9 Å². The Morgan fingerprint density at radius 3 is 2.52 bits per heavy atom. The standard InChI is InChI=1S/C15H15ClN3O4/c16-6-7-18-8-9-19(14(22)13(18)21)15(23)17-12(10-20)11-4-2-1-3-5-11/h1-5,12H,6-9H2,(H,17,23). The van der Waals surface area contributed by atoms with E-state index in [1.165, 1.54) is 4.90 Å². The predicted octanol–water partition coefficient (Wildman–Crippen LogP) is 0.457. The topological polar surface area (TPSA) is 86.8 Å². The Bertz CT molecular complexity index is 608. The number of hydrogen-bond acceptors (Lipinski definition) is 4. The zero-order valence-corrected chi connectivity index (χ0v) is 13.0. The van der Waals surface area contributed by atoms with E-state index in [9.17, 15) is 19.2 Å². The van der Waals surface area contributed by atoms with Gasteiger partial charge in [0.2, 0.25) is 6.29 Å². The average molecular weight is 337 g/mol. The molecule has 8 heteroatoms. The molecule has 1 aromatic rings. The number of nitrogens with one attached hydrogen (secondary N) is 1. The summed E-state index contributed by atoms with van der Waals surface area (Å²) in [5.74, 6) is -1.50. The minimum Gasteiger partial charge on any atom is -0.331 e. The lowest BCUT2D eigenvalue weighted by Crippen LogP contribution is -2.58. The smallest absolute Gasteiger partial charge is 0.325 e. The predicted molar refractivity (Wildman–Crippen MR) is 82.4 cm³/mol. The molecule has 1 saturated heterocycles. The van der Waals surface area contributed by atoms with Gasteiger partial charge in [-0.15, -0.1) is 11.6 Å². The lowest BCUT2D eigenvalue weighted by molar-refractivity contribution is -0.153. The summed E-state index contributed by atoms with van der Waals surface area (Å²) in [6.07, 6.45) is 1.71. The van der Waals surface area contributed by atoms with Crippen LogP contribution in [0.25, 0.3) is 0 Å². The Morgan fingerprint density at radius 2 is 1.91 bits per heavy atom. The van der Waals surface area contributed by atoms with Gasteiger partial charge in [-0.2, -0.15) is 0 Å². The van der Waals surface area contributed by atoms with Crippen LogP contribution in [0.2, 0.25) is 0 Å². The van der Waals surface area contributed by atoms with Crippen LogP contribution in [0.4, 0.5) is 4.79 Å². The molecule has 1 N–H and O–H groups in total. The van der Waals surface area contributed by atoms with E-state index in [2.05, 4.69) is 5.32 Å². The van der Waals surface area contributed by atoms with Crippen molar-refractivity contribution in [1.82, 2.24) is 15.1 Å². The molecular weight excluding hydrogens is 322 g/mol. The largest absolute Gasteiger partial charge is 0.331 e. The SMILES string of the molecule is O=[C]C(NC(=O)N1CCN(CCCl)C(=O)C1=O)c1ccccc1. The number of carbonyl (C=O) groups is 3. The van der Waals surface area contributed by atoms with Crippen LogP contribution < -0.4 is 5.32 Å². The van der Waals surface area contributed by atoms with Crippen molar-refractivity contribution >= 4 is 35.7 Å². The number of urea groups is 1. The van der Waals surface area contributed by atoms with Gasteiger partial charge in [0.05, 0.1) is 0 Å². The number of carbonyl (C=O) groups excluding carboxylic acids is 4. The van der Waals surface area contributed by atoms with E-state index in [-0.39, 0.29) is 25.5 Å². The molecule has 7 nitrogen and oxygen atoms in total. The molecule has 0 aromatic heterocycles. The van der Waals surface area contributed by atoms with Crippen LogP contribution in [0.5, 0.6) is 0 Å².